The molecule has 126 valence electrons. The van der Waals surface area contributed by atoms with Gasteiger partial charge < -0.3 is 15.0 Å². The van der Waals surface area contributed by atoms with E-state index in [1.54, 1.807) is 0 Å². The highest BCUT2D eigenvalue weighted by Gasteiger charge is 2.29. The summed E-state index contributed by atoms with van der Waals surface area (Å²) < 4.78 is 5.75. The Morgan fingerprint density at radius 3 is 2.78 bits per heavy atom. The molecule has 2 heterocycles. The molecule has 2 aliphatic heterocycles. The number of hydrogen-bond donors (Lipinski definition) is 1. The minimum Gasteiger partial charge on any atom is -0.376 e. The lowest BCUT2D eigenvalue weighted by Gasteiger charge is -2.28. The summed E-state index contributed by atoms with van der Waals surface area (Å²) in [7, 11) is 0. The van der Waals surface area contributed by atoms with Crippen molar-refractivity contribution in [2.75, 3.05) is 32.8 Å². The zero-order chi connectivity index (χ0) is 16.1. The van der Waals surface area contributed by atoms with E-state index in [1.807, 2.05) is 4.90 Å². The molecule has 0 spiro atoms. The van der Waals surface area contributed by atoms with E-state index in [9.17, 15) is 4.79 Å². The van der Waals surface area contributed by atoms with Crippen LogP contribution in [0.1, 0.15) is 30.4 Å². The molecule has 0 aliphatic carbocycles. The van der Waals surface area contributed by atoms with E-state index in [4.69, 9.17) is 4.74 Å². The zero-order valence-electron chi connectivity index (χ0n) is 14.1. The Morgan fingerprint density at radius 2 is 2.13 bits per heavy atom. The van der Waals surface area contributed by atoms with Crippen molar-refractivity contribution in [3.8, 4) is 0 Å². The van der Waals surface area contributed by atoms with Gasteiger partial charge in [0.25, 0.3) is 0 Å². The standard InChI is InChI=1S/C19H28N2O2/c1-15-4-6-16(7-5-15)9-11-21(14-18-3-2-12-23-18)19(22)17-8-10-20-13-17/h4-7,17-18,20H,2-3,8-14H2,1H3. The number of hydrogen-bond acceptors (Lipinski definition) is 3. The van der Waals surface area contributed by atoms with E-state index in [0.29, 0.717) is 5.91 Å². The number of nitrogens with zero attached hydrogens (tertiary/aromatic N) is 1. The molecule has 1 N–H and O–H groups in total. The van der Waals surface area contributed by atoms with Gasteiger partial charge in [-0.1, -0.05) is 29.8 Å². The van der Waals surface area contributed by atoms with Gasteiger partial charge in [-0.25, -0.2) is 0 Å². The fourth-order valence-corrected chi connectivity index (χ4v) is 3.47. The molecule has 2 aliphatic rings. The summed E-state index contributed by atoms with van der Waals surface area (Å²) in [5.74, 6) is 0.451. The van der Waals surface area contributed by atoms with E-state index in [0.717, 1.165) is 58.5 Å². The Kier molecular flexibility index (Phi) is 5.68. The van der Waals surface area contributed by atoms with Gasteiger partial charge in [0.05, 0.1) is 12.0 Å². The molecular weight excluding hydrogens is 288 g/mol. The van der Waals surface area contributed by atoms with Crippen molar-refractivity contribution < 1.29 is 9.53 Å². The predicted molar refractivity (Wildman–Crippen MR) is 91.4 cm³/mol. The molecule has 3 rings (SSSR count). The molecule has 0 bridgehead atoms. The number of nitrogens with one attached hydrogen (secondary N) is 1. The van der Waals surface area contributed by atoms with Gasteiger partial charge >= 0.3 is 0 Å². The number of rotatable bonds is 6. The second-order valence-electron chi connectivity index (χ2n) is 6.84. The van der Waals surface area contributed by atoms with Crippen LogP contribution in [0.4, 0.5) is 0 Å². The molecule has 0 aromatic heterocycles. The number of carbonyl (C=O) groups excluding carboxylic acids is 1. The average molecular weight is 316 g/mol. The fraction of sp³-hybridized carbons (Fsp3) is 0.632. The largest absolute Gasteiger partial charge is 0.376 e. The second kappa shape index (κ2) is 7.93. The number of amides is 1. The van der Waals surface area contributed by atoms with Crippen molar-refractivity contribution in [1.29, 1.82) is 0 Å². The van der Waals surface area contributed by atoms with Gasteiger partial charge in [0.1, 0.15) is 0 Å². The first-order chi connectivity index (χ1) is 11.2. The Morgan fingerprint density at radius 1 is 1.30 bits per heavy atom. The molecule has 23 heavy (non-hydrogen) atoms. The molecule has 1 aromatic rings. The first kappa shape index (κ1) is 16.5. The van der Waals surface area contributed by atoms with Crippen LogP contribution in [-0.4, -0.2) is 49.7 Å². The molecule has 1 amide bonds. The number of aryl methyl sites for hydroxylation is 1. The van der Waals surface area contributed by atoms with Gasteiger partial charge in [-0.3, -0.25) is 4.79 Å². The summed E-state index contributed by atoms with van der Waals surface area (Å²) in [5, 5.41) is 3.30. The van der Waals surface area contributed by atoms with Crippen LogP contribution in [0.15, 0.2) is 24.3 Å². The fourth-order valence-electron chi connectivity index (χ4n) is 3.47. The molecule has 2 unspecified atom stereocenters. The van der Waals surface area contributed by atoms with Crippen LogP contribution >= 0.6 is 0 Å². The highest BCUT2D eigenvalue weighted by Crippen LogP contribution is 2.18. The summed E-state index contributed by atoms with van der Waals surface area (Å²) in [5.41, 5.74) is 2.57. The highest BCUT2D eigenvalue weighted by molar-refractivity contribution is 5.79. The topological polar surface area (TPSA) is 41.6 Å². The lowest BCUT2D eigenvalue weighted by atomic mass is 10.1. The van der Waals surface area contributed by atoms with Crippen molar-refractivity contribution >= 4 is 5.91 Å². The van der Waals surface area contributed by atoms with Gasteiger partial charge in [0.15, 0.2) is 0 Å². The minimum absolute atomic E-state index is 0.148. The van der Waals surface area contributed by atoms with Crippen molar-refractivity contribution in [3.05, 3.63) is 35.4 Å². The quantitative estimate of drug-likeness (QED) is 0.874. The molecule has 2 saturated heterocycles. The van der Waals surface area contributed by atoms with Gasteiger partial charge in [0, 0.05) is 26.2 Å². The van der Waals surface area contributed by atoms with Gasteiger partial charge in [0.2, 0.25) is 5.91 Å². The molecule has 2 atom stereocenters. The van der Waals surface area contributed by atoms with Crippen molar-refractivity contribution in [2.24, 2.45) is 5.92 Å². The Hall–Kier alpha value is -1.39. The third-order valence-corrected chi connectivity index (χ3v) is 4.96. The molecule has 0 saturated carbocycles. The van der Waals surface area contributed by atoms with Crippen LogP contribution in [0.25, 0.3) is 0 Å². The van der Waals surface area contributed by atoms with Gasteiger partial charge in [-0.2, -0.15) is 0 Å². The molecule has 4 heteroatoms. The van der Waals surface area contributed by atoms with E-state index in [2.05, 4.69) is 36.5 Å². The number of benzene rings is 1. The van der Waals surface area contributed by atoms with Gasteiger partial charge in [-0.05, 0) is 44.7 Å². The van der Waals surface area contributed by atoms with E-state index >= 15 is 0 Å². The molecular formula is C19H28N2O2. The summed E-state index contributed by atoms with van der Waals surface area (Å²) in [6, 6.07) is 8.62. The number of carbonyl (C=O) groups is 1. The van der Waals surface area contributed by atoms with Crippen LogP contribution in [0.5, 0.6) is 0 Å². The van der Waals surface area contributed by atoms with E-state index in [-0.39, 0.29) is 12.0 Å². The first-order valence-corrected chi connectivity index (χ1v) is 8.89. The molecule has 4 nitrogen and oxygen atoms in total. The van der Waals surface area contributed by atoms with Crippen LogP contribution in [0.2, 0.25) is 0 Å². The third-order valence-electron chi connectivity index (χ3n) is 4.96. The second-order valence-corrected chi connectivity index (χ2v) is 6.84. The maximum atomic E-state index is 12.8. The third kappa shape index (κ3) is 4.55. The lowest BCUT2D eigenvalue weighted by Crippen LogP contribution is -2.42. The molecule has 0 radical (unpaired) electrons. The predicted octanol–water partition coefficient (Wildman–Crippen LogP) is 2.15. The Balaban J connectivity index is 1.61. The average Bonchev–Trinajstić information content (AvgIpc) is 3.26. The Bertz CT molecular complexity index is 503. The summed E-state index contributed by atoms with van der Waals surface area (Å²) in [4.78, 5) is 14.9. The van der Waals surface area contributed by atoms with E-state index < -0.39 is 0 Å². The SMILES string of the molecule is Cc1ccc(CCN(CC2CCCO2)C(=O)C2CCNC2)cc1. The van der Waals surface area contributed by atoms with Crippen LogP contribution < -0.4 is 5.32 Å². The lowest BCUT2D eigenvalue weighted by molar-refractivity contribution is -0.136. The summed E-state index contributed by atoms with van der Waals surface area (Å²) in [6.07, 6.45) is 4.31. The molecule has 2 fully saturated rings. The van der Waals surface area contributed by atoms with E-state index in [1.165, 1.54) is 11.1 Å². The monoisotopic (exact) mass is 316 g/mol. The van der Waals surface area contributed by atoms with Crippen molar-refractivity contribution in [3.63, 3.8) is 0 Å². The van der Waals surface area contributed by atoms with Crippen molar-refractivity contribution in [2.45, 2.75) is 38.7 Å². The normalized spacial score (nSPS) is 24.0. The maximum absolute atomic E-state index is 12.8. The van der Waals surface area contributed by atoms with Gasteiger partial charge in [-0.15, -0.1) is 0 Å². The molecule has 1 aromatic carbocycles. The zero-order valence-corrected chi connectivity index (χ0v) is 14.1. The summed E-state index contributed by atoms with van der Waals surface area (Å²) >= 11 is 0. The minimum atomic E-state index is 0.148. The highest BCUT2D eigenvalue weighted by atomic mass is 16.5. The summed E-state index contributed by atoms with van der Waals surface area (Å²) in [6.45, 7) is 6.27. The van der Waals surface area contributed by atoms with Crippen LogP contribution in [-0.2, 0) is 16.0 Å². The van der Waals surface area contributed by atoms with Crippen molar-refractivity contribution in [1.82, 2.24) is 10.2 Å². The Labute approximate surface area is 139 Å². The van der Waals surface area contributed by atoms with Crippen LogP contribution in [0.3, 0.4) is 0 Å². The first-order valence-electron chi connectivity index (χ1n) is 8.89. The smallest absolute Gasteiger partial charge is 0.227 e. The number of ether oxygens (including phenoxy) is 1. The maximum Gasteiger partial charge on any atom is 0.227 e. The van der Waals surface area contributed by atoms with Crippen LogP contribution in [0, 0.1) is 12.8 Å².